The summed E-state index contributed by atoms with van der Waals surface area (Å²) in [5.41, 5.74) is 0.604. The molecule has 5 nitrogen and oxygen atoms in total. The molecule has 2 amide bonds. The van der Waals surface area contributed by atoms with E-state index in [1.807, 2.05) is 6.07 Å². The lowest BCUT2D eigenvalue weighted by atomic mass is 10.3. The van der Waals surface area contributed by atoms with Crippen LogP contribution in [0.1, 0.15) is 6.42 Å². The number of anilines is 1. The van der Waals surface area contributed by atoms with E-state index >= 15 is 0 Å². The number of hydrogen-bond acceptors (Lipinski definition) is 2. The number of carboxylic acid groups (broad SMARTS) is 1. The Labute approximate surface area is 115 Å². The molecule has 1 rings (SSSR count). The highest BCUT2D eigenvalue weighted by molar-refractivity contribution is 9.11. The van der Waals surface area contributed by atoms with E-state index < -0.39 is 12.0 Å². The minimum Gasteiger partial charge on any atom is -0.481 e. The van der Waals surface area contributed by atoms with Gasteiger partial charge >= 0.3 is 12.0 Å². The summed E-state index contributed by atoms with van der Waals surface area (Å²) in [6.07, 6.45) is -0.104. The summed E-state index contributed by atoms with van der Waals surface area (Å²) < 4.78 is 1.58. The maximum atomic E-state index is 11.4. The molecule has 0 heterocycles. The first-order valence-electron chi connectivity index (χ1n) is 4.70. The molecule has 1 aromatic carbocycles. The zero-order valence-corrected chi connectivity index (χ0v) is 11.8. The van der Waals surface area contributed by atoms with Crippen molar-refractivity contribution in [2.75, 3.05) is 11.9 Å². The molecule has 0 radical (unpaired) electrons. The van der Waals surface area contributed by atoms with Crippen LogP contribution in [-0.2, 0) is 4.79 Å². The van der Waals surface area contributed by atoms with Crippen molar-refractivity contribution < 1.29 is 14.7 Å². The Morgan fingerprint density at radius 2 is 2.00 bits per heavy atom. The van der Waals surface area contributed by atoms with Gasteiger partial charge in [-0.2, -0.15) is 0 Å². The minimum absolute atomic E-state index is 0.0901. The molecule has 0 atom stereocenters. The van der Waals surface area contributed by atoms with E-state index in [0.717, 1.165) is 8.95 Å². The van der Waals surface area contributed by atoms with Crippen LogP contribution in [0.2, 0.25) is 0 Å². The summed E-state index contributed by atoms with van der Waals surface area (Å²) >= 11 is 6.58. The summed E-state index contributed by atoms with van der Waals surface area (Å²) in [7, 11) is 0. The molecule has 0 aliphatic heterocycles. The summed E-state index contributed by atoms with van der Waals surface area (Å²) in [5.74, 6) is -0.950. The molecule has 0 saturated heterocycles. The van der Waals surface area contributed by atoms with Gasteiger partial charge in [0, 0.05) is 15.5 Å². The zero-order chi connectivity index (χ0) is 12.8. The van der Waals surface area contributed by atoms with Crippen molar-refractivity contribution in [2.45, 2.75) is 6.42 Å². The quantitative estimate of drug-likeness (QED) is 0.767. The van der Waals surface area contributed by atoms with E-state index in [2.05, 4.69) is 42.5 Å². The Balaban J connectivity index is 2.50. The third-order valence-corrected chi connectivity index (χ3v) is 2.99. The highest BCUT2D eigenvalue weighted by Crippen LogP contribution is 2.25. The number of halogens is 2. The summed E-state index contributed by atoms with van der Waals surface area (Å²) in [5, 5.41) is 13.5. The standard InChI is InChI=1S/C10H10Br2N2O3/c11-6-1-2-7(12)8(5-6)14-10(17)13-4-3-9(15)16/h1-2,5H,3-4H2,(H,15,16)(H2,13,14,17). The average molecular weight is 366 g/mol. The smallest absolute Gasteiger partial charge is 0.319 e. The normalized spacial score (nSPS) is 9.76. The third-order valence-electron chi connectivity index (χ3n) is 1.80. The maximum absolute atomic E-state index is 11.4. The molecule has 92 valence electrons. The van der Waals surface area contributed by atoms with Crippen LogP contribution in [0.4, 0.5) is 10.5 Å². The number of hydrogen-bond donors (Lipinski definition) is 3. The van der Waals surface area contributed by atoms with Crippen LogP contribution >= 0.6 is 31.9 Å². The molecule has 3 N–H and O–H groups in total. The highest BCUT2D eigenvalue weighted by atomic mass is 79.9. The van der Waals surface area contributed by atoms with E-state index in [1.54, 1.807) is 12.1 Å². The molecule has 0 spiro atoms. The van der Waals surface area contributed by atoms with Crippen LogP contribution in [0.5, 0.6) is 0 Å². The van der Waals surface area contributed by atoms with Crippen LogP contribution < -0.4 is 10.6 Å². The Bertz CT molecular complexity index is 438. The first-order valence-corrected chi connectivity index (χ1v) is 6.29. The second kappa shape index (κ2) is 6.61. The van der Waals surface area contributed by atoms with Crippen molar-refractivity contribution >= 4 is 49.5 Å². The van der Waals surface area contributed by atoms with E-state index in [1.165, 1.54) is 0 Å². The number of amides is 2. The Kier molecular flexibility index (Phi) is 5.43. The minimum atomic E-state index is -0.950. The van der Waals surface area contributed by atoms with Gasteiger partial charge in [-0.3, -0.25) is 4.79 Å². The second-order valence-corrected chi connectivity index (χ2v) is 4.92. The molecular weight excluding hydrogens is 356 g/mol. The van der Waals surface area contributed by atoms with Gasteiger partial charge in [0.25, 0.3) is 0 Å². The van der Waals surface area contributed by atoms with E-state index in [9.17, 15) is 9.59 Å². The molecule has 0 bridgehead atoms. The van der Waals surface area contributed by atoms with Gasteiger partial charge in [-0.25, -0.2) is 4.79 Å². The lowest BCUT2D eigenvalue weighted by molar-refractivity contribution is -0.136. The Morgan fingerprint density at radius 1 is 1.29 bits per heavy atom. The van der Waals surface area contributed by atoms with Gasteiger partial charge in [-0.1, -0.05) is 15.9 Å². The molecule has 17 heavy (non-hydrogen) atoms. The van der Waals surface area contributed by atoms with Gasteiger partial charge in [-0.15, -0.1) is 0 Å². The summed E-state index contributed by atoms with van der Waals surface area (Å²) in [4.78, 5) is 21.7. The van der Waals surface area contributed by atoms with Crippen molar-refractivity contribution in [1.82, 2.24) is 5.32 Å². The number of aliphatic carboxylic acids is 1. The monoisotopic (exact) mass is 364 g/mol. The Hall–Kier alpha value is -1.08. The van der Waals surface area contributed by atoms with Crippen LogP contribution in [0.3, 0.4) is 0 Å². The van der Waals surface area contributed by atoms with Crippen LogP contribution in [0, 0.1) is 0 Å². The van der Waals surface area contributed by atoms with Crippen molar-refractivity contribution in [3.8, 4) is 0 Å². The number of benzene rings is 1. The summed E-state index contributed by atoms with van der Waals surface area (Å²) in [6, 6.07) is 4.92. The topological polar surface area (TPSA) is 78.4 Å². The molecule has 0 aliphatic carbocycles. The number of urea groups is 1. The predicted molar refractivity (Wildman–Crippen MR) is 71.1 cm³/mol. The fourth-order valence-corrected chi connectivity index (χ4v) is 1.75. The van der Waals surface area contributed by atoms with Crippen molar-refractivity contribution in [2.24, 2.45) is 0 Å². The lowest BCUT2D eigenvalue weighted by Crippen LogP contribution is -2.30. The van der Waals surface area contributed by atoms with Gasteiger partial charge in [0.2, 0.25) is 0 Å². The molecular formula is C10H10Br2N2O3. The number of carboxylic acids is 1. The van der Waals surface area contributed by atoms with Crippen LogP contribution in [0.15, 0.2) is 27.1 Å². The number of carbonyl (C=O) groups excluding carboxylic acids is 1. The molecule has 0 fully saturated rings. The average Bonchev–Trinajstić information content (AvgIpc) is 2.23. The fourth-order valence-electron chi connectivity index (χ4n) is 1.04. The van der Waals surface area contributed by atoms with E-state index in [-0.39, 0.29) is 13.0 Å². The molecule has 0 aliphatic rings. The Morgan fingerprint density at radius 3 is 2.65 bits per heavy atom. The summed E-state index contributed by atoms with van der Waals surface area (Å²) in [6.45, 7) is 0.0901. The zero-order valence-electron chi connectivity index (χ0n) is 8.67. The highest BCUT2D eigenvalue weighted by Gasteiger charge is 2.06. The number of nitrogens with one attached hydrogen (secondary N) is 2. The van der Waals surface area contributed by atoms with Crippen LogP contribution in [0.25, 0.3) is 0 Å². The van der Waals surface area contributed by atoms with Gasteiger partial charge < -0.3 is 15.7 Å². The maximum Gasteiger partial charge on any atom is 0.319 e. The van der Waals surface area contributed by atoms with E-state index in [0.29, 0.717) is 5.69 Å². The van der Waals surface area contributed by atoms with Gasteiger partial charge in [0.1, 0.15) is 0 Å². The molecule has 0 unspecified atom stereocenters. The molecule has 0 saturated carbocycles. The van der Waals surface area contributed by atoms with Gasteiger partial charge in [0.15, 0.2) is 0 Å². The van der Waals surface area contributed by atoms with Crippen molar-refractivity contribution in [1.29, 1.82) is 0 Å². The number of carbonyl (C=O) groups is 2. The number of rotatable bonds is 4. The van der Waals surface area contributed by atoms with E-state index in [4.69, 9.17) is 5.11 Å². The van der Waals surface area contributed by atoms with Gasteiger partial charge in [0.05, 0.1) is 12.1 Å². The first-order chi connectivity index (χ1) is 7.99. The van der Waals surface area contributed by atoms with Crippen molar-refractivity contribution in [3.05, 3.63) is 27.1 Å². The first kappa shape index (κ1) is 14.0. The van der Waals surface area contributed by atoms with Crippen LogP contribution in [-0.4, -0.2) is 23.7 Å². The molecule has 7 heteroatoms. The van der Waals surface area contributed by atoms with Crippen molar-refractivity contribution in [3.63, 3.8) is 0 Å². The molecule has 1 aromatic rings. The SMILES string of the molecule is O=C(O)CCNC(=O)Nc1cc(Br)ccc1Br. The lowest BCUT2D eigenvalue weighted by Gasteiger charge is -2.08. The molecule has 0 aromatic heterocycles. The third kappa shape index (κ3) is 5.18. The largest absolute Gasteiger partial charge is 0.481 e. The fraction of sp³-hybridized carbons (Fsp3) is 0.200. The predicted octanol–water partition coefficient (Wildman–Crippen LogP) is 2.81. The van der Waals surface area contributed by atoms with Gasteiger partial charge in [-0.05, 0) is 34.1 Å². The second-order valence-electron chi connectivity index (χ2n) is 3.15.